The second-order valence-electron chi connectivity index (χ2n) is 3.67. The highest BCUT2D eigenvalue weighted by atomic mass is 32.2. The number of aryl methyl sites for hydroxylation is 1. The van der Waals surface area contributed by atoms with Crippen LogP contribution in [0.1, 0.15) is 17.0 Å². The van der Waals surface area contributed by atoms with Gasteiger partial charge in [-0.3, -0.25) is 0 Å². The Morgan fingerprint density at radius 1 is 1.53 bits per heavy atom. The number of aromatic nitrogens is 2. The van der Waals surface area contributed by atoms with Crippen LogP contribution in [-0.4, -0.2) is 21.2 Å². The van der Waals surface area contributed by atoms with Gasteiger partial charge in [0.2, 0.25) is 5.89 Å². The maximum Gasteiger partial charge on any atom is 0.276 e. The molecule has 19 heavy (non-hydrogen) atoms. The normalized spacial score (nSPS) is 11.8. The van der Waals surface area contributed by atoms with Gasteiger partial charge < -0.3 is 15.4 Å². The van der Waals surface area contributed by atoms with Crippen LogP contribution in [0.2, 0.25) is 0 Å². The van der Waals surface area contributed by atoms with Crippen molar-refractivity contribution in [2.75, 3.05) is 0 Å². The second-order valence-corrected chi connectivity index (χ2v) is 4.59. The minimum absolute atomic E-state index is 0.134. The van der Waals surface area contributed by atoms with Gasteiger partial charge in [0.25, 0.3) is 5.22 Å². The number of nitrogens with two attached hydrogens (primary N) is 1. The lowest BCUT2D eigenvalue weighted by Gasteiger charge is -2.03. The summed E-state index contributed by atoms with van der Waals surface area (Å²) < 4.78 is 19.0. The van der Waals surface area contributed by atoms with Crippen LogP contribution in [0.4, 0.5) is 4.39 Å². The Hall–Kier alpha value is -2.09. The summed E-state index contributed by atoms with van der Waals surface area (Å²) in [6, 6.07) is 4.36. The molecule has 0 saturated heterocycles. The molecule has 0 saturated carbocycles. The zero-order valence-electron chi connectivity index (χ0n) is 10.00. The molecular weight excluding hydrogens is 271 g/mol. The van der Waals surface area contributed by atoms with Crippen LogP contribution in [0.5, 0.6) is 0 Å². The summed E-state index contributed by atoms with van der Waals surface area (Å²) in [6.07, 6.45) is 0. The molecule has 2 aromatic rings. The summed E-state index contributed by atoms with van der Waals surface area (Å²) >= 11 is 1.24. The minimum Gasteiger partial charge on any atom is -0.416 e. The monoisotopic (exact) mass is 282 g/mol. The molecule has 0 aliphatic carbocycles. The number of benzene rings is 1. The summed E-state index contributed by atoms with van der Waals surface area (Å²) in [4.78, 5) is 0. The van der Waals surface area contributed by atoms with Gasteiger partial charge in [-0.1, -0.05) is 29.1 Å². The van der Waals surface area contributed by atoms with E-state index in [1.165, 1.54) is 17.8 Å². The van der Waals surface area contributed by atoms with E-state index in [1.54, 1.807) is 19.1 Å². The van der Waals surface area contributed by atoms with Crippen molar-refractivity contribution in [3.05, 3.63) is 41.0 Å². The van der Waals surface area contributed by atoms with Gasteiger partial charge >= 0.3 is 0 Å². The SMILES string of the molecule is Cc1nnc(SCc2ccc(/C(N)=N/O)cc2F)o1. The van der Waals surface area contributed by atoms with Crippen molar-refractivity contribution in [1.82, 2.24) is 10.2 Å². The van der Waals surface area contributed by atoms with Crippen molar-refractivity contribution < 1.29 is 14.0 Å². The van der Waals surface area contributed by atoms with Crippen LogP contribution in [0.3, 0.4) is 0 Å². The molecule has 0 fully saturated rings. The van der Waals surface area contributed by atoms with Gasteiger partial charge in [-0.15, -0.1) is 10.2 Å². The molecule has 1 aromatic heterocycles. The fourth-order valence-corrected chi connectivity index (χ4v) is 2.15. The highest BCUT2D eigenvalue weighted by Gasteiger charge is 2.09. The fourth-order valence-electron chi connectivity index (χ4n) is 1.36. The van der Waals surface area contributed by atoms with E-state index in [1.807, 2.05) is 0 Å². The molecule has 3 N–H and O–H groups in total. The molecule has 6 nitrogen and oxygen atoms in total. The Morgan fingerprint density at radius 3 is 2.89 bits per heavy atom. The van der Waals surface area contributed by atoms with Crippen LogP contribution in [0.25, 0.3) is 0 Å². The molecule has 0 aliphatic heterocycles. The van der Waals surface area contributed by atoms with E-state index in [-0.39, 0.29) is 5.84 Å². The highest BCUT2D eigenvalue weighted by Crippen LogP contribution is 2.23. The van der Waals surface area contributed by atoms with Gasteiger partial charge in [-0.2, -0.15) is 0 Å². The van der Waals surface area contributed by atoms with Crippen molar-refractivity contribution >= 4 is 17.6 Å². The number of rotatable bonds is 4. The van der Waals surface area contributed by atoms with Crippen LogP contribution < -0.4 is 5.73 Å². The van der Waals surface area contributed by atoms with Gasteiger partial charge in [0.1, 0.15) is 5.82 Å². The molecule has 1 aromatic carbocycles. The molecular formula is C11H11FN4O2S. The van der Waals surface area contributed by atoms with Crippen LogP contribution in [0.15, 0.2) is 33.0 Å². The third-order valence-electron chi connectivity index (χ3n) is 2.32. The van der Waals surface area contributed by atoms with Crippen molar-refractivity contribution in [3.8, 4) is 0 Å². The molecule has 0 aliphatic rings. The molecule has 100 valence electrons. The first-order valence-electron chi connectivity index (χ1n) is 5.29. The largest absolute Gasteiger partial charge is 0.416 e. The Morgan fingerprint density at radius 2 is 2.32 bits per heavy atom. The number of hydrogen-bond acceptors (Lipinski definition) is 6. The quantitative estimate of drug-likeness (QED) is 0.292. The summed E-state index contributed by atoms with van der Waals surface area (Å²) in [6.45, 7) is 1.68. The number of thioether (sulfide) groups is 1. The maximum atomic E-state index is 13.8. The lowest BCUT2D eigenvalue weighted by atomic mass is 10.1. The maximum absolute atomic E-state index is 13.8. The van der Waals surface area contributed by atoms with E-state index in [0.29, 0.717) is 28.0 Å². The van der Waals surface area contributed by atoms with Crippen LogP contribution in [-0.2, 0) is 5.75 Å². The zero-order valence-corrected chi connectivity index (χ0v) is 10.8. The molecule has 0 amide bonds. The van der Waals surface area contributed by atoms with Gasteiger partial charge in [0.05, 0.1) is 0 Å². The average molecular weight is 282 g/mol. The smallest absolute Gasteiger partial charge is 0.276 e. The van der Waals surface area contributed by atoms with Gasteiger partial charge in [-0.25, -0.2) is 4.39 Å². The van der Waals surface area contributed by atoms with E-state index >= 15 is 0 Å². The fraction of sp³-hybridized carbons (Fsp3) is 0.182. The molecule has 0 spiro atoms. The zero-order chi connectivity index (χ0) is 13.8. The van der Waals surface area contributed by atoms with E-state index in [2.05, 4.69) is 15.4 Å². The molecule has 8 heteroatoms. The number of oxime groups is 1. The molecule has 0 atom stereocenters. The standard InChI is InChI=1S/C11H11FN4O2S/c1-6-14-15-11(18-6)19-5-8-3-2-7(4-9(8)12)10(13)16-17/h2-4,17H,5H2,1H3,(H2,13,16). The molecule has 1 heterocycles. The van der Waals surface area contributed by atoms with Crippen molar-refractivity contribution in [1.29, 1.82) is 0 Å². The van der Waals surface area contributed by atoms with Crippen LogP contribution in [0, 0.1) is 12.7 Å². The van der Waals surface area contributed by atoms with E-state index in [0.717, 1.165) is 0 Å². The second kappa shape index (κ2) is 5.70. The third-order valence-corrected chi connectivity index (χ3v) is 3.18. The number of hydrogen-bond donors (Lipinski definition) is 2. The number of nitrogens with zero attached hydrogens (tertiary/aromatic N) is 3. The summed E-state index contributed by atoms with van der Waals surface area (Å²) in [5, 5.41) is 19.2. The van der Waals surface area contributed by atoms with Crippen molar-refractivity contribution in [2.45, 2.75) is 17.9 Å². The van der Waals surface area contributed by atoms with Gasteiger partial charge in [0, 0.05) is 18.2 Å². The Balaban J connectivity index is 2.09. The Kier molecular flexibility index (Phi) is 4.00. The first kappa shape index (κ1) is 13.3. The highest BCUT2D eigenvalue weighted by molar-refractivity contribution is 7.98. The molecule has 0 radical (unpaired) electrons. The van der Waals surface area contributed by atoms with Crippen LogP contribution >= 0.6 is 11.8 Å². The summed E-state index contributed by atoms with van der Waals surface area (Å²) in [5.74, 6) is 0.243. The molecule has 0 bridgehead atoms. The minimum atomic E-state index is -0.437. The summed E-state index contributed by atoms with van der Waals surface area (Å²) in [5.41, 5.74) is 6.17. The van der Waals surface area contributed by atoms with Crippen molar-refractivity contribution in [3.63, 3.8) is 0 Å². The molecule has 2 rings (SSSR count). The number of amidine groups is 1. The number of halogens is 1. The van der Waals surface area contributed by atoms with Crippen molar-refractivity contribution in [2.24, 2.45) is 10.9 Å². The Bertz CT molecular complexity index is 614. The van der Waals surface area contributed by atoms with Gasteiger partial charge in [-0.05, 0) is 11.6 Å². The Labute approximate surface area is 112 Å². The van der Waals surface area contributed by atoms with E-state index in [4.69, 9.17) is 15.4 Å². The average Bonchev–Trinajstić information content (AvgIpc) is 2.82. The third kappa shape index (κ3) is 3.22. The topological polar surface area (TPSA) is 97.5 Å². The lowest BCUT2D eigenvalue weighted by molar-refractivity contribution is 0.318. The van der Waals surface area contributed by atoms with E-state index in [9.17, 15) is 4.39 Å². The lowest BCUT2D eigenvalue weighted by Crippen LogP contribution is -2.13. The first-order chi connectivity index (χ1) is 9.10. The van der Waals surface area contributed by atoms with E-state index < -0.39 is 5.82 Å². The molecule has 0 unspecified atom stereocenters. The summed E-state index contributed by atoms with van der Waals surface area (Å²) in [7, 11) is 0. The van der Waals surface area contributed by atoms with Gasteiger partial charge in [0.15, 0.2) is 5.84 Å². The predicted molar refractivity (Wildman–Crippen MR) is 67.5 cm³/mol. The predicted octanol–water partition coefficient (Wildman–Crippen LogP) is 1.90. The first-order valence-corrected chi connectivity index (χ1v) is 6.28.